The molecule has 1 amide bonds. The second-order valence-electron chi connectivity index (χ2n) is 5.54. The van der Waals surface area contributed by atoms with E-state index in [0.717, 1.165) is 6.08 Å². The molecule has 0 bridgehead atoms. The van der Waals surface area contributed by atoms with Gasteiger partial charge in [-0.1, -0.05) is 19.3 Å². The molecule has 1 aliphatic rings. The maximum atomic E-state index is 12.3. The lowest BCUT2D eigenvalue weighted by atomic mass is 9.84. The van der Waals surface area contributed by atoms with Crippen molar-refractivity contribution < 1.29 is 14.7 Å². The van der Waals surface area contributed by atoms with Crippen molar-refractivity contribution in [2.24, 2.45) is 5.92 Å². The van der Waals surface area contributed by atoms with Gasteiger partial charge < -0.3 is 10.4 Å². The molecule has 1 heterocycles. The topological polar surface area (TPSA) is 66.4 Å². The van der Waals surface area contributed by atoms with Crippen molar-refractivity contribution in [1.29, 1.82) is 0 Å². The maximum Gasteiger partial charge on any atom is 0.328 e. The van der Waals surface area contributed by atoms with Gasteiger partial charge in [-0.2, -0.15) is 0 Å². The zero-order valence-electron chi connectivity index (χ0n) is 12.2. The molecular weight excluding hydrogens is 286 g/mol. The van der Waals surface area contributed by atoms with Gasteiger partial charge in [-0.25, -0.2) is 4.79 Å². The lowest BCUT2D eigenvalue weighted by Crippen LogP contribution is -2.38. The molecule has 21 heavy (non-hydrogen) atoms. The van der Waals surface area contributed by atoms with Crippen molar-refractivity contribution >= 4 is 29.3 Å². The molecule has 5 heteroatoms. The Hall–Kier alpha value is -1.62. The van der Waals surface area contributed by atoms with E-state index >= 15 is 0 Å². The average Bonchev–Trinajstić information content (AvgIpc) is 2.94. The number of hydrogen-bond donors (Lipinski definition) is 2. The molecule has 0 aromatic carbocycles. The maximum absolute atomic E-state index is 12.3. The van der Waals surface area contributed by atoms with Gasteiger partial charge in [-0.05, 0) is 48.8 Å². The van der Waals surface area contributed by atoms with Crippen LogP contribution in [0.15, 0.2) is 17.5 Å². The highest BCUT2D eigenvalue weighted by atomic mass is 32.1. The van der Waals surface area contributed by atoms with Gasteiger partial charge in [0.1, 0.15) is 0 Å². The van der Waals surface area contributed by atoms with E-state index in [9.17, 15) is 9.59 Å². The number of amides is 1. The Bertz CT molecular complexity index is 529. The van der Waals surface area contributed by atoms with Gasteiger partial charge in [-0.15, -0.1) is 11.3 Å². The highest BCUT2D eigenvalue weighted by Gasteiger charge is 2.22. The van der Waals surface area contributed by atoms with E-state index < -0.39 is 5.97 Å². The first-order valence-corrected chi connectivity index (χ1v) is 8.25. The van der Waals surface area contributed by atoms with Crippen molar-refractivity contribution in [2.75, 3.05) is 0 Å². The zero-order valence-corrected chi connectivity index (χ0v) is 13.0. The molecule has 1 saturated carbocycles. The van der Waals surface area contributed by atoms with E-state index in [1.54, 1.807) is 6.07 Å². The van der Waals surface area contributed by atoms with Crippen LogP contribution >= 0.6 is 11.3 Å². The van der Waals surface area contributed by atoms with Crippen LogP contribution in [0.4, 0.5) is 0 Å². The van der Waals surface area contributed by atoms with E-state index in [2.05, 4.69) is 12.2 Å². The van der Waals surface area contributed by atoms with Crippen LogP contribution in [0, 0.1) is 5.92 Å². The minimum absolute atomic E-state index is 0.104. The zero-order chi connectivity index (χ0) is 15.2. The number of rotatable bonds is 5. The largest absolute Gasteiger partial charge is 0.478 e. The summed E-state index contributed by atoms with van der Waals surface area (Å²) in [6, 6.07) is 1.93. The van der Waals surface area contributed by atoms with Crippen LogP contribution in [0.25, 0.3) is 6.08 Å². The Labute approximate surface area is 128 Å². The van der Waals surface area contributed by atoms with Crippen LogP contribution in [-0.2, 0) is 4.79 Å². The van der Waals surface area contributed by atoms with Gasteiger partial charge in [-0.3, -0.25) is 4.79 Å². The summed E-state index contributed by atoms with van der Waals surface area (Å²) in [4.78, 5) is 23.5. The summed E-state index contributed by atoms with van der Waals surface area (Å²) in [6.07, 6.45) is 8.68. The van der Waals surface area contributed by atoms with E-state index in [1.165, 1.54) is 49.5 Å². The Kier molecular flexibility index (Phi) is 5.56. The number of carboxylic acid groups (broad SMARTS) is 1. The summed E-state index contributed by atoms with van der Waals surface area (Å²) in [5, 5.41) is 13.6. The normalized spacial score (nSPS) is 17.8. The van der Waals surface area contributed by atoms with Gasteiger partial charge in [0, 0.05) is 12.1 Å². The molecule has 1 aromatic heterocycles. The second kappa shape index (κ2) is 7.41. The number of thiophene rings is 1. The number of carbonyl (C=O) groups is 2. The summed E-state index contributed by atoms with van der Waals surface area (Å²) in [5.74, 6) is -0.558. The van der Waals surface area contributed by atoms with Crippen molar-refractivity contribution in [3.05, 3.63) is 28.0 Å². The molecule has 1 aromatic rings. The third-order valence-corrected chi connectivity index (χ3v) is 4.95. The van der Waals surface area contributed by atoms with Crippen LogP contribution in [0.2, 0.25) is 0 Å². The molecule has 0 aliphatic heterocycles. The first kappa shape index (κ1) is 15.8. The van der Waals surface area contributed by atoms with Crippen LogP contribution < -0.4 is 5.32 Å². The Morgan fingerprint density at radius 2 is 2.10 bits per heavy atom. The Morgan fingerprint density at radius 3 is 2.76 bits per heavy atom. The number of hydrogen-bond acceptors (Lipinski definition) is 3. The minimum atomic E-state index is -1.01. The van der Waals surface area contributed by atoms with Crippen LogP contribution in [-0.4, -0.2) is 23.0 Å². The third kappa shape index (κ3) is 4.43. The van der Waals surface area contributed by atoms with Crippen LogP contribution in [0.1, 0.15) is 54.3 Å². The fourth-order valence-corrected chi connectivity index (χ4v) is 3.61. The minimum Gasteiger partial charge on any atom is -0.478 e. The molecule has 1 unspecified atom stereocenters. The summed E-state index contributed by atoms with van der Waals surface area (Å²) in [6.45, 7) is 2.06. The lowest BCUT2D eigenvalue weighted by molar-refractivity contribution is -0.131. The van der Waals surface area contributed by atoms with Crippen LogP contribution in [0.3, 0.4) is 0 Å². The Balaban J connectivity index is 2.00. The summed E-state index contributed by atoms with van der Waals surface area (Å²) in [5.41, 5.74) is 0.663. The van der Waals surface area contributed by atoms with Crippen molar-refractivity contribution in [3.63, 3.8) is 0 Å². The molecule has 2 rings (SSSR count). The third-order valence-electron chi connectivity index (χ3n) is 4.02. The van der Waals surface area contributed by atoms with Crippen molar-refractivity contribution in [1.82, 2.24) is 5.32 Å². The van der Waals surface area contributed by atoms with E-state index in [-0.39, 0.29) is 11.9 Å². The fourth-order valence-electron chi connectivity index (χ4n) is 2.82. The van der Waals surface area contributed by atoms with Gasteiger partial charge in [0.2, 0.25) is 0 Å². The lowest BCUT2D eigenvalue weighted by Gasteiger charge is -2.28. The first-order valence-electron chi connectivity index (χ1n) is 7.37. The number of carboxylic acids is 1. The molecule has 1 aliphatic carbocycles. The molecule has 1 atom stereocenters. The summed E-state index contributed by atoms with van der Waals surface area (Å²) < 4.78 is 0. The van der Waals surface area contributed by atoms with E-state index in [0.29, 0.717) is 16.4 Å². The quantitative estimate of drug-likeness (QED) is 0.818. The number of carbonyl (C=O) groups excluding carboxylic acids is 1. The van der Waals surface area contributed by atoms with E-state index in [4.69, 9.17) is 5.11 Å². The van der Waals surface area contributed by atoms with Gasteiger partial charge >= 0.3 is 5.97 Å². The number of nitrogens with one attached hydrogen (secondary N) is 1. The van der Waals surface area contributed by atoms with Crippen molar-refractivity contribution in [3.8, 4) is 0 Å². The van der Waals surface area contributed by atoms with E-state index in [1.807, 2.05) is 5.38 Å². The van der Waals surface area contributed by atoms with Crippen LogP contribution in [0.5, 0.6) is 0 Å². The highest BCUT2D eigenvalue weighted by molar-refractivity contribution is 7.12. The molecule has 0 saturated heterocycles. The standard InChI is InChI=1S/C16H21NO3S/c1-11(12-5-3-2-4-6-12)17-16(20)15-13(9-10-21-15)7-8-14(18)19/h7-12H,2-6H2,1H3,(H,17,20)(H,18,19). The molecule has 0 spiro atoms. The molecule has 4 nitrogen and oxygen atoms in total. The summed E-state index contributed by atoms with van der Waals surface area (Å²) >= 11 is 1.34. The predicted molar refractivity (Wildman–Crippen MR) is 84.5 cm³/mol. The SMILES string of the molecule is CC(NC(=O)c1sccc1C=CC(=O)O)C1CCCCC1. The molecular formula is C16H21NO3S. The average molecular weight is 307 g/mol. The molecule has 0 radical (unpaired) electrons. The fraction of sp³-hybridized carbons (Fsp3) is 0.500. The molecule has 114 valence electrons. The van der Waals surface area contributed by atoms with Gasteiger partial charge in [0.15, 0.2) is 0 Å². The predicted octanol–water partition coefficient (Wildman–Crippen LogP) is 3.54. The highest BCUT2D eigenvalue weighted by Crippen LogP contribution is 2.27. The van der Waals surface area contributed by atoms with Gasteiger partial charge in [0.05, 0.1) is 4.88 Å². The number of aliphatic carboxylic acids is 1. The van der Waals surface area contributed by atoms with Crippen molar-refractivity contribution in [2.45, 2.75) is 45.1 Å². The van der Waals surface area contributed by atoms with Gasteiger partial charge in [0.25, 0.3) is 5.91 Å². The second-order valence-corrected chi connectivity index (χ2v) is 6.45. The molecule has 1 fully saturated rings. The molecule has 2 N–H and O–H groups in total. The Morgan fingerprint density at radius 1 is 1.38 bits per heavy atom. The monoisotopic (exact) mass is 307 g/mol. The smallest absolute Gasteiger partial charge is 0.328 e. The first-order chi connectivity index (χ1) is 10.1. The summed E-state index contributed by atoms with van der Waals surface area (Å²) in [7, 11) is 0.